The molecule has 13 heteroatoms. The largest absolute Gasteiger partial charge is 0.485 e. The molecule has 55 heavy (non-hydrogen) atoms. The van der Waals surface area contributed by atoms with Crippen molar-refractivity contribution < 1.29 is 23.9 Å². The fourth-order valence-corrected chi connectivity index (χ4v) is 8.48. The van der Waals surface area contributed by atoms with Gasteiger partial charge in [-0.1, -0.05) is 53.0 Å². The number of carbonyl (C=O) groups is 3. The van der Waals surface area contributed by atoms with E-state index in [9.17, 15) is 14.4 Å². The third-order valence-corrected chi connectivity index (χ3v) is 11.6. The molecule has 2 saturated carbocycles. The van der Waals surface area contributed by atoms with Crippen LogP contribution in [0.1, 0.15) is 87.5 Å². The molecule has 3 heterocycles. The molecule has 4 aliphatic rings. The molecule has 294 valence electrons. The standard InChI is InChI=1S/C42H50Cl3N5O5/c1-25-17-35(44)39(36(45)18-25)54-31-13-15-48(23-31)37-12-6-27(21-46-37)32-14-16-49(41(53)55-42(2,3)4)24-33(32)40(52)50(30-9-10-30)22-28-19-26(5-11-34(28)43)20-38(51)47-29-7-8-29/h5-6,11-12,17-19,21,29-33H,7-10,13-16,20,22-24H2,1-4H3,(H,47,51)/t31-,32?,33?/m1/s1. The van der Waals surface area contributed by atoms with Gasteiger partial charge in [0.25, 0.3) is 0 Å². The Hall–Kier alpha value is -3.73. The Labute approximate surface area is 338 Å². The van der Waals surface area contributed by atoms with Gasteiger partial charge in [0.1, 0.15) is 17.5 Å². The van der Waals surface area contributed by atoms with Gasteiger partial charge in [0.05, 0.1) is 28.9 Å². The molecule has 2 saturated heterocycles. The van der Waals surface area contributed by atoms with E-state index >= 15 is 0 Å². The number of aromatic nitrogens is 1. The van der Waals surface area contributed by atoms with Crippen molar-refractivity contribution >= 4 is 58.5 Å². The summed E-state index contributed by atoms with van der Waals surface area (Å²) in [7, 11) is 0. The minimum atomic E-state index is -0.664. The molecular weight excluding hydrogens is 761 g/mol. The monoisotopic (exact) mass is 809 g/mol. The summed E-state index contributed by atoms with van der Waals surface area (Å²) in [5.41, 5.74) is 2.93. The average molecular weight is 811 g/mol. The molecule has 4 fully saturated rings. The molecule has 2 aromatic carbocycles. The van der Waals surface area contributed by atoms with Gasteiger partial charge in [-0.3, -0.25) is 9.59 Å². The zero-order valence-corrected chi connectivity index (χ0v) is 34.2. The Balaban J connectivity index is 1.08. The number of benzene rings is 2. The second kappa shape index (κ2) is 16.4. The highest BCUT2D eigenvalue weighted by atomic mass is 35.5. The van der Waals surface area contributed by atoms with Crippen molar-refractivity contribution in [2.45, 2.75) is 109 Å². The number of carbonyl (C=O) groups excluding carboxylic acids is 3. The lowest BCUT2D eigenvalue weighted by Crippen LogP contribution is -2.51. The van der Waals surface area contributed by atoms with Crippen molar-refractivity contribution in [1.29, 1.82) is 0 Å². The Morgan fingerprint density at radius 1 is 0.909 bits per heavy atom. The van der Waals surface area contributed by atoms with Crippen LogP contribution in [0.25, 0.3) is 0 Å². The number of halogens is 3. The lowest BCUT2D eigenvalue weighted by molar-refractivity contribution is -0.139. The van der Waals surface area contributed by atoms with Gasteiger partial charge in [-0.2, -0.15) is 0 Å². The van der Waals surface area contributed by atoms with Crippen LogP contribution in [0, 0.1) is 12.8 Å². The lowest BCUT2D eigenvalue weighted by Gasteiger charge is -2.40. The molecule has 0 spiro atoms. The fourth-order valence-electron chi connectivity index (χ4n) is 7.62. The predicted octanol–water partition coefficient (Wildman–Crippen LogP) is 8.36. The maximum Gasteiger partial charge on any atom is 0.410 e. The molecule has 2 aliphatic carbocycles. The van der Waals surface area contributed by atoms with Crippen LogP contribution in [0.4, 0.5) is 10.6 Å². The van der Waals surface area contributed by atoms with Crippen molar-refractivity contribution in [3.63, 3.8) is 0 Å². The van der Waals surface area contributed by atoms with Gasteiger partial charge in [-0.25, -0.2) is 9.78 Å². The zero-order chi connectivity index (χ0) is 39.0. The minimum absolute atomic E-state index is 0.00670. The summed E-state index contributed by atoms with van der Waals surface area (Å²) >= 11 is 19.7. The number of likely N-dealkylation sites (tertiary alicyclic amines) is 1. The molecule has 7 rings (SSSR count). The van der Waals surface area contributed by atoms with E-state index in [1.165, 1.54) is 0 Å². The van der Waals surface area contributed by atoms with Crippen LogP contribution in [0.15, 0.2) is 48.7 Å². The highest BCUT2D eigenvalue weighted by Crippen LogP contribution is 2.40. The van der Waals surface area contributed by atoms with Gasteiger partial charge in [0.2, 0.25) is 11.8 Å². The number of amides is 3. The maximum atomic E-state index is 14.8. The smallest absolute Gasteiger partial charge is 0.410 e. The molecule has 3 aromatic rings. The first-order chi connectivity index (χ1) is 26.2. The summed E-state index contributed by atoms with van der Waals surface area (Å²) in [4.78, 5) is 51.4. The van der Waals surface area contributed by atoms with E-state index in [1.807, 2.05) is 75.2 Å². The second-order valence-corrected chi connectivity index (χ2v) is 17.8. The van der Waals surface area contributed by atoms with Crippen LogP contribution >= 0.6 is 34.8 Å². The number of hydrogen-bond donors (Lipinski definition) is 1. The number of anilines is 1. The fraction of sp³-hybridized carbons (Fsp3) is 0.524. The highest BCUT2D eigenvalue weighted by molar-refractivity contribution is 6.37. The number of nitrogens with zero attached hydrogens (tertiary/aromatic N) is 4. The zero-order valence-electron chi connectivity index (χ0n) is 32.0. The molecule has 10 nitrogen and oxygen atoms in total. The summed E-state index contributed by atoms with van der Waals surface area (Å²) in [6.07, 6.45) is 6.85. The van der Waals surface area contributed by atoms with E-state index in [0.717, 1.165) is 66.7 Å². The van der Waals surface area contributed by atoms with E-state index in [2.05, 4.69) is 16.3 Å². The van der Waals surface area contributed by atoms with E-state index < -0.39 is 17.6 Å². The molecule has 3 amide bonds. The van der Waals surface area contributed by atoms with E-state index in [-0.39, 0.29) is 48.9 Å². The Morgan fingerprint density at radius 3 is 2.31 bits per heavy atom. The highest BCUT2D eigenvalue weighted by Gasteiger charge is 2.44. The molecule has 2 unspecified atom stereocenters. The van der Waals surface area contributed by atoms with Crippen molar-refractivity contribution in [2.75, 3.05) is 31.1 Å². The maximum absolute atomic E-state index is 14.8. The van der Waals surface area contributed by atoms with Gasteiger partial charge in [0.15, 0.2) is 5.75 Å². The van der Waals surface area contributed by atoms with Crippen molar-refractivity contribution in [3.8, 4) is 5.75 Å². The quantitative estimate of drug-likeness (QED) is 0.208. The summed E-state index contributed by atoms with van der Waals surface area (Å²) in [5, 5.41) is 4.60. The first-order valence-corrected chi connectivity index (χ1v) is 20.5. The van der Waals surface area contributed by atoms with E-state index in [1.54, 1.807) is 4.90 Å². The lowest BCUT2D eigenvalue weighted by atomic mass is 9.80. The number of hydrogen-bond acceptors (Lipinski definition) is 7. The van der Waals surface area contributed by atoms with Gasteiger partial charge in [-0.05, 0) is 106 Å². The van der Waals surface area contributed by atoms with Crippen molar-refractivity contribution in [1.82, 2.24) is 20.1 Å². The summed E-state index contributed by atoms with van der Waals surface area (Å²) < 4.78 is 12.0. The summed E-state index contributed by atoms with van der Waals surface area (Å²) in [6.45, 7) is 9.88. The van der Waals surface area contributed by atoms with Gasteiger partial charge < -0.3 is 29.5 Å². The van der Waals surface area contributed by atoms with E-state index in [0.29, 0.717) is 46.9 Å². The first kappa shape index (κ1) is 39.5. The first-order valence-electron chi connectivity index (χ1n) is 19.4. The van der Waals surface area contributed by atoms with Crippen molar-refractivity contribution in [2.24, 2.45) is 5.92 Å². The number of nitrogens with one attached hydrogen (secondary N) is 1. The van der Waals surface area contributed by atoms with Crippen LogP contribution < -0.4 is 15.0 Å². The topological polar surface area (TPSA) is 104 Å². The van der Waals surface area contributed by atoms with Crippen LogP contribution in [0.2, 0.25) is 15.1 Å². The molecular formula is C42H50Cl3N5O5. The molecule has 0 bridgehead atoms. The Bertz CT molecular complexity index is 1890. The van der Waals surface area contributed by atoms with Crippen molar-refractivity contribution in [3.05, 3.63) is 86.0 Å². The Kier molecular flexibility index (Phi) is 11.8. The van der Waals surface area contributed by atoms with Gasteiger partial charge in [0, 0.05) is 61.8 Å². The van der Waals surface area contributed by atoms with Gasteiger partial charge in [-0.15, -0.1) is 0 Å². The average Bonchev–Trinajstić information content (AvgIpc) is 4.08. The third kappa shape index (κ3) is 9.99. The molecule has 1 N–H and O–H groups in total. The predicted molar refractivity (Wildman–Crippen MR) is 215 cm³/mol. The molecule has 3 atom stereocenters. The number of rotatable bonds is 11. The second-order valence-electron chi connectivity index (χ2n) is 16.6. The van der Waals surface area contributed by atoms with Crippen LogP contribution in [0.3, 0.4) is 0 Å². The summed E-state index contributed by atoms with van der Waals surface area (Å²) in [6, 6.07) is 13.8. The number of piperidine rings is 1. The number of pyridine rings is 1. The summed E-state index contributed by atoms with van der Waals surface area (Å²) in [5.74, 6) is 0.615. The van der Waals surface area contributed by atoms with Crippen LogP contribution in [-0.4, -0.2) is 82.7 Å². The third-order valence-electron chi connectivity index (χ3n) is 10.7. The van der Waals surface area contributed by atoms with Crippen LogP contribution in [0.5, 0.6) is 5.75 Å². The normalized spacial score (nSPS) is 21.3. The molecule has 1 aromatic heterocycles. The minimum Gasteiger partial charge on any atom is -0.485 e. The van der Waals surface area contributed by atoms with Gasteiger partial charge >= 0.3 is 6.09 Å². The number of ether oxygens (including phenoxy) is 2. The Morgan fingerprint density at radius 2 is 1.65 bits per heavy atom. The van der Waals surface area contributed by atoms with E-state index in [4.69, 9.17) is 49.3 Å². The molecule has 0 radical (unpaired) electrons. The SMILES string of the molecule is Cc1cc(Cl)c(O[C@@H]2CCN(c3ccc(C4CCN(C(=O)OC(C)(C)C)CC4C(=O)N(Cc4cc(CC(=O)NC5CC5)ccc4Cl)C4CC4)cn3)C2)c(Cl)c1. The van der Waals surface area contributed by atoms with Crippen LogP contribution in [-0.2, 0) is 27.3 Å². The molecule has 2 aliphatic heterocycles. The number of aryl methyl sites for hydroxylation is 1.